The molecular formula is C25H18F2N4O4. The predicted molar refractivity (Wildman–Crippen MR) is 123 cm³/mol. The van der Waals surface area contributed by atoms with Gasteiger partial charge in [-0.15, -0.1) is 8.78 Å². The molecule has 0 fully saturated rings. The lowest BCUT2D eigenvalue weighted by atomic mass is 10.0. The summed E-state index contributed by atoms with van der Waals surface area (Å²) in [6.45, 7) is 0.397. The standard InChI is InChI=1S/C25H18F2N4O4/c26-25(27)34-20-8-7-16(11-21(20)35-25)19(32)10-14-3-1-4-15(9-14)12-29-24-18-6-2-5-17(23(28)33)22(18)30-13-31-24/h1-9,11,13H,10,12H2,(H2,28,33)(H,29,30,31). The van der Waals surface area contributed by atoms with Crippen LogP contribution in [0.25, 0.3) is 10.9 Å². The van der Waals surface area contributed by atoms with Crippen molar-refractivity contribution >= 4 is 28.4 Å². The number of carbonyl (C=O) groups is 2. The highest BCUT2D eigenvalue weighted by Gasteiger charge is 2.43. The van der Waals surface area contributed by atoms with Crippen LogP contribution in [0.4, 0.5) is 14.6 Å². The Balaban J connectivity index is 1.30. The van der Waals surface area contributed by atoms with E-state index in [1.165, 1.54) is 24.5 Å². The highest BCUT2D eigenvalue weighted by Crippen LogP contribution is 2.41. The fourth-order valence-corrected chi connectivity index (χ4v) is 3.87. The summed E-state index contributed by atoms with van der Waals surface area (Å²) in [5.74, 6) is -0.571. The number of alkyl halides is 2. The molecule has 8 nitrogen and oxygen atoms in total. The lowest BCUT2D eigenvalue weighted by Crippen LogP contribution is -2.25. The summed E-state index contributed by atoms with van der Waals surface area (Å²) < 4.78 is 35.3. The Kier molecular flexibility index (Phi) is 5.48. The molecule has 1 aromatic heterocycles. The summed E-state index contributed by atoms with van der Waals surface area (Å²) in [6, 6.07) is 16.5. The van der Waals surface area contributed by atoms with Gasteiger partial charge in [0.2, 0.25) is 0 Å². The van der Waals surface area contributed by atoms with E-state index < -0.39 is 12.2 Å². The molecule has 3 N–H and O–H groups in total. The number of ether oxygens (including phenoxy) is 2. The molecule has 1 aliphatic rings. The second kappa shape index (κ2) is 8.64. The zero-order valence-electron chi connectivity index (χ0n) is 18.1. The zero-order chi connectivity index (χ0) is 24.6. The molecule has 0 radical (unpaired) electrons. The molecule has 0 bridgehead atoms. The Hall–Kier alpha value is -4.60. The topological polar surface area (TPSA) is 116 Å². The van der Waals surface area contributed by atoms with Crippen LogP contribution in [0.2, 0.25) is 0 Å². The van der Waals surface area contributed by atoms with E-state index in [0.717, 1.165) is 11.1 Å². The third kappa shape index (κ3) is 4.58. The van der Waals surface area contributed by atoms with Gasteiger partial charge in [-0.3, -0.25) is 9.59 Å². The third-order valence-electron chi connectivity index (χ3n) is 5.47. The molecule has 10 heteroatoms. The van der Waals surface area contributed by atoms with Gasteiger partial charge in [0.15, 0.2) is 17.3 Å². The number of aromatic nitrogens is 2. The molecule has 0 atom stereocenters. The number of Topliss-reactive ketones (excluding diaryl/α,β-unsaturated/α-hetero) is 1. The average Bonchev–Trinajstić information content (AvgIpc) is 3.15. The molecule has 0 aliphatic carbocycles. The number of nitrogens with zero attached hydrogens (tertiary/aromatic N) is 2. The Bertz CT molecular complexity index is 1480. The summed E-state index contributed by atoms with van der Waals surface area (Å²) in [4.78, 5) is 32.9. The molecule has 5 rings (SSSR count). The second-order valence-corrected chi connectivity index (χ2v) is 7.89. The number of amides is 1. The van der Waals surface area contributed by atoms with Gasteiger partial charge in [-0.05, 0) is 41.5 Å². The van der Waals surface area contributed by atoms with Crippen LogP contribution in [0, 0.1) is 0 Å². The van der Waals surface area contributed by atoms with Crippen LogP contribution in [-0.4, -0.2) is 28.0 Å². The minimum atomic E-state index is -3.73. The zero-order valence-corrected chi connectivity index (χ0v) is 18.1. The summed E-state index contributed by atoms with van der Waals surface area (Å²) in [5.41, 5.74) is 8.08. The number of halogens is 2. The monoisotopic (exact) mass is 476 g/mol. The number of hydrogen-bond donors (Lipinski definition) is 2. The molecule has 0 unspecified atom stereocenters. The quantitative estimate of drug-likeness (QED) is 0.386. The summed E-state index contributed by atoms with van der Waals surface area (Å²) in [7, 11) is 0. The maximum absolute atomic E-state index is 13.2. The molecule has 1 amide bonds. The van der Waals surface area contributed by atoms with E-state index in [-0.39, 0.29) is 29.3 Å². The van der Waals surface area contributed by atoms with Gasteiger partial charge in [-0.25, -0.2) is 9.97 Å². The summed E-state index contributed by atoms with van der Waals surface area (Å²) >= 11 is 0. The van der Waals surface area contributed by atoms with Crippen molar-refractivity contribution in [1.29, 1.82) is 0 Å². The van der Waals surface area contributed by atoms with Gasteiger partial charge in [0.05, 0.1) is 11.1 Å². The largest absolute Gasteiger partial charge is 0.586 e. The smallest absolute Gasteiger partial charge is 0.395 e. The normalized spacial score (nSPS) is 13.5. The van der Waals surface area contributed by atoms with Crippen LogP contribution in [0.15, 0.2) is 67.0 Å². The summed E-state index contributed by atoms with van der Waals surface area (Å²) in [6.07, 6.45) is -2.31. The Morgan fingerprint density at radius 2 is 1.71 bits per heavy atom. The van der Waals surface area contributed by atoms with Crippen LogP contribution in [0.5, 0.6) is 11.5 Å². The van der Waals surface area contributed by atoms with E-state index in [1.807, 2.05) is 24.3 Å². The number of fused-ring (bicyclic) bond motifs is 2. The van der Waals surface area contributed by atoms with E-state index in [9.17, 15) is 18.4 Å². The van der Waals surface area contributed by atoms with Gasteiger partial charge in [-0.2, -0.15) is 0 Å². The lowest BCUT2D eigenvalue weighted by molar-refractivity contribution is -0.286. The van der Waals surface area contributed by atoms with E-state index in [4.69, 9.17) is 5.73 Å². The highest BCUT2D eigenvalue weighted by molar-refractivity contribution is 6.06. The molecule has 1 aliphatic heterocycles. The van der Waals surface area contributed by atoms with Gasteiger partial charge in [-0.1, -0.05) is 30.3 Å². The number of primary amides is 1. The van der Waals surface area contributed by atoms with E-state index in [2.05, 4.69) is 24.8 Å². The number of carbonyl (C=O) groups excluding carboxylic acids is 2. The first kappa shape index (κ1) is 22.2. The van der Waals surface area contributed by atoms with Crippen LogP contribution < -0.4 is 20.5 Å². The number of ketones is 1. The van der Waals surface area contributed by atoms with Gasteiger partial charge in [0, 0.05) is 23.9 Å². The number of rotatable bonds is 7. The van der Waals surface area contributed by atoms with Crippen molar-refractivity contribution in [3.8, 4) is 11.5 Å². The fourth-order valence-electron chi connectivity index (χ4n) is 3.87. The van der Waals surface area contributed by atoms with Crippen molar-refractivity contribution < 1.29 is 27.8 Å². The number of anilines is 1. The molecule has 3 aromatic carbocycles. The lowest BCUT2D eigenvalue weighted by Gasteiger charge is -2.11. The number of hydrogen-bond acceptors (Lipinski definition) is 7. The van der Waals surface area contributed by atoms with E-state index >= 15 is 0 Å². The van der Waals surface area contributed by atoms with Gasteiger partial charge < -0.3 is 20.5 Å². The van der Waals surface area contributed by atoms with Crippen LogP contribution in [0.1, 0.15) is 31.8 Å². The molecular weight excluding hydrogens is 458 g/mol. The molecule has 2 heterocycles. The number of nitrogens with two attached hydrogens (primary N) is 1. The minimum absolute atomic E-state index is 0.0717. The predicted octanol–water partition coefficient (Wildman–Crippen LogP) is 4.09. The molecule has 0 saturated heterocycles. The van der Waals surface area contributed by atoms with Gasteiger partial charge in [0.1, 0.15) is 12.1 Å². The first-order chi connectivity index (χ1) is 16.8. The maximum atomic E-state index is 13.2. The minimum Gasteiger partial charge on any atom is -0.395 e. The molecule has 0 spiro atoms. The van der Waals surface area contributed by atoms with Crippen molar-refractivity contribution in [3.05, 3.63) is 89.2 Å². The Morgan fingerprint density at radius 3 is 2.54 bits per heavy atom. The summed E-state index contributed by atoms with van der Waals surface area (Å²) in [5, 5.41) is 3.88. The second-order valence-electron chi connectivity index (χ2n) is 7.89. The van der Waals surface area contributed by atoms with Crippen molar-refractivity contribution in [3.63, 3.8) is 0 Å². The maximum Gasteiger partial charge on any atom is 0.586 e. The number of benzene rings is 3. The number of nitrogens with one attached hydrogen (secondary N) is 1. The molecule has 4 aromatic rings. The van der Waals surface area contributed by atoms with Gasteiger partial charge in [0.25, 0.3) is 5.91 Å². The molecule has 176 valence electrons. The highest BCUT2D eigenvalue weighted by atomic mass is 19.3. The van der Waals surface area contributed by atoms with E-state index in [0.29, 0.717) is 28.8 Å². The van der Waals surface area contributed by atoms with Crippen LogP contribution in [0.3, 0.4) is 0 Å². The first-order valence-corrected chi connectivity index (χ1v) is 10.6. The molecule has 35 heavy (non-hydrogen) atoms. The fraction of sp³-hybridized carbons (Fsp3) is 0.120. The van der Waals surface area contributed by atoms with Crippen molar-refractivity contribution in [2.24, 2.45) is 5.73 Å². The van der Waals surface area contributed by atoms with Crippen molar-refractivity contribution in [1.82, 2.24) is 9.97 Å². The molecule has 0 saturated carbocycles. The van der Waals surface area contributed by atoms with Crippen LogP contribution >= 0.6 is 0 Å². The SMILES string of the molecule is NC(=O)c1cccc2c(NCc3cccc(CC(=O)c4ccc5c(c4)OC(F)(F)O5)c3)ncnc12. The van der Waals surface area contributed by atoms with Crippen molar-refractivity contribution in [2.75, 3.05) is 5.32 Å². The van der Waals surface area contributed by atoms with Crippen molar-refractivity contribution in [2.45, 2.75) is 19.3 Å². The Labute approximate surface area is 197 Å². The third-order valence-corrected chi connectivity index (χ3v) is 5.47. The Morgan fingerprint density at radius 1 is 0.943 bits per heavy atom. The first-order valence-electron chi connectivity index (χ1n) is 10.6. The van der Waals surface area contributed by atoms with E-state index in [1.54, 1.807) is 18.2 Å². The number of para-hydroxylation sites is 1. The average molecular weight is 476 g/mol. The van der Waals surface area contributed by atoms with Gasteiger partial charge >= 0.3 is 6.29 Å². The van der Waals surface area contributed by atoms with Crippen LogP contribution in [-0.2, 0) is 13.0 Å².